The molecule has 2 amide bonds. The molecule has 1 saturated heterocycles. The minimum Gasteiger partial charge on any atom is -0.352 e. The maximum absolute atomic E-state index is 12.7. The fraction of sp³-hybridized carbons (Fsp3) is 0.417. The topological polar surface area (TPSA) is 49.4 Å². The van der Waals surface area contributed by atoms with E-state index in [9.17, 15) is 9.59 Å². The average molecular weight is 379 g/mol. The normalized spacial score (nSPS) is 14.6. The number of nitrogens with one attached hydrogen (secondary N) is 1. The number of hydrogen-bond donors (Lipinski definition) is 1. The molecular weight excluding hydrogens is 348 g/mol. The quantitative estimate of drug-likeness (QED) is 0.706. The molecule has 0 radical (unpaired) electrons. The molecule has 0 spiro atoms. The monoisotopic (exact) mass is 378 g/mol. The van der Waals surface area contributed by atoms with Crippen LogP contribution in [0.4, 0.5) is 0 Å². The lowest BCUT2D eigenvalue weighted by Crippen LogP contribution is -2.34. The fourth-order valence-corrected chi connectivity index (χ4v) is 3.73. The standard InChI is InChI=1S/C24H30N2O2/c27-23-14-5-2-8-18-26(23)19-9-17-25-24(28)22-13-7-6-12-21(22)16-15-20-10-3-1-4-11-20/h1,3-4,6-7,10-13H,2,5,8-9,14-19H2,(H,25,28). The Morgan fingerprint density at radius 3 is 2.57 bits per heavy atom. The van der Waals surface area contributed by atoms with Crippen molar-refractivity contribution in [2.24, 2.45) is 0 Å². The molecule has 1 N–H and O–H groups in total. The van der Waals surface area contributed by atoms with Gasteiger partial charge < -0.3 is 10.2 Å². The highest BCUT2D eigenvalue weighted by Crippen LogP contribution is 2.13. The Kier molecular flexibility index (Phi) is 7.65. The van der Waals surface area contributed by atoms with Gasteiger partial charge in [0.2, 0.25) is 5.91 Å². The third kappa shape index (κ3) is 5.95. The third-order valence-electron chi connectivity index (χ3n) is 5.35. The molecule has 2 aromatic rings. The van der Waals surface area contributed by atoms with E-state index in [0.717, 1.165) is 62.7 Å². The van der Waals surface area contributed by atoms with Gasteiger partial charge in [-0.25, -0.2) is 0 Å². The van der Waals surface area contributed by atoms with Crippen molar-refractivity contribution in [1.82, 2.24) is 10.2 Å². The molecule has 148 valence electrons. The molecule has 0 atom stereocenters. The number of aryl methyl sites for hydroxylation is 2. The molecule has 1 aliphatic heterocycles. The summed E-state index contributed by atoms with van der Waals surface area (Å²) in [6.45, 7) is 2.18. The van der Waals surface area contributed by atoms with Crippen LogP contribution >= 0.6 is 0 Å². The van der Waals surface area contributed by atoms with E-state index in [1.165, 1.54) is 5.56 Å². The Balaban J connectivity index is 1.48. The van der Waals surface area contributed by atoms with Gasteiger partial charge in [0.1, 0.15) is 0 Å². The number of likely N-dealkylation sites (tertiary alicyclic amines) is 1. The van der Waals surface area contributed by atoms with Crippen LogP contribution in [-0.2, 0) is 17.6 Å². The Morgan fingerprint density at radius 2 is 1.71 bits per heavy atom. The van der Waals surface area contributed by atoms with Crippen LogP contribution in [0.3, 0.4) is 0 Å². The Morgan fingerprint density at radius 1 is 0.929 bits per heavy atom. The number of nitrogens with zero attached hydrogens (tertiary/aromatic N) is 1. The molecule has 2 aromatic carbocycles. The maximum atomic E-state index is 12.7. The maximum Gasteiger partial charge on any atom is 0.251 e. The highest BCUT2D eigenvalue weighted by Gasteiger charge is 2.16. The first-order valence-electron chi connectivity index (χ1n) is 10.4. The summed E-state index contributed by atoms with van der Waals surface area (Å²) in [7, 11) is 0. The lowest BCUT2D eigenvalue weighted by atomic mass is 9.99. The predicted octanol–water partition coefficient (Wildman–Crippen LogP) is 3.99. The van der Waals surface area contributed by atoms with E-state index in [0.29, 0.717) is 13.0 Å². The van der Waals surface area contributed by atoms with E-state index < -0.39 is 0 Å². The molecule has 1 aliphatic rings. The van der Waals surface area contributed by atoms with Crippen molar-refractivity contribution in [2.45, 2.75) is 44.9 Å². The zero-order valence-corrected chi connectivity index (χ0v) is 16.5. The van der Waals surface area contributed by atoms with Gasteiger partial charge in [0.25, 0.3) is 5.91 Å². The Bertz CT molecular complexity index is 773. The summed E-state index contributed by atoms with van der Waals surface area (Å²) in [4.78, 5) is 26.6. The highest BCUT2D eigenvalue weighted by atomic mass is 16.2. The lowest BCUT2D eigenvalue weighted by molar-refractivity contribution is -0.130. The molecule has 0 bridgehead atoms. The molecule has 28 heavy (non-hydrogen) atoms. The van der Waals surface area contributed by atoms with Gasteiger partial charge >= 0.3 is 0 Å². The van der Waals surface area contributed by atoms with Crippen molar-refractivity contribution in [2.75, 3.05) is 19.6 Å². The van der Waals surface area contributed by atoms with Crippen LogP contribution in [0, 0.1) is 0 Å². The zero-order chi connectivity index (χ0) is 19.6. The van der Waals surface area contributed by atoms with Crippen molar-refractivity contribution in [3.63, 3.8) is 0 Å². The van der Waals surface area contributed by atoms with Gasteiger partial charge in [0.05, 0.1) is 0 Å². The Hall–Kier alpha value is -2.62. The minimum absolute atomic E-state index is 0.0224. The van der Waals surface area contributed by atoms with E-state index in [4.69, 9.17) is 0 Å². The smallest absolute Gasteiger partial charge is 0.251 e. The van der Waals surface area contributed by atoms with Gasteiger partial charge in [-0.05, 0) is 49.3 Å². The SMILES string of the molecule is O=C(NCCCN1CCCCCC1=O)c1ccccc1CCc1ccccc1. The molecule has 1 fully saturated rings. The third-order valence-corrected chi connectivity index (χ3v) is 5.35. The molecule has 0 aromatic heterocycles. The first kappa shape index (κ1) is 20.1. The second kappa shape index (κ2) is 10.6. The number of amides is 2. The highest BCUT2D eigenvalue weighted by molar-refractivity contribution is 5.95. The van der Waals surface area contributed by atoms with Crippen molar-refractivity contribution in [3.8, 4) is 0 Å². The lowest BCUT2D eigenvalue weighted by Gasteiger charge is -2.20. The zero-order valence-electron chi connectivity index (χ0n) is 16.5. The van der Waals surface area contributed by atoms with Crippen LogP contribution < -0.4 is 5.32 Å². The number of rotatable bonds is 8. The number of hydrogen-bond acceptors (Lipinski definition) is 2. The summed E-state index contributed by atoms with van der Waals surface area (Å²) in [5.41, 5.74) is 3.11. The summed E-state index contributed by atoms with van der Waals surface area (Å²) in [6, 6.07) is 18.2. The Labute approximate surface area is 167 Å². The van der Waals surface area contributed by atoms with E-state index in [-0.39, 0.29) is 11.8 Å². The second-order valence-corrected chi connectivity index (χ2v) is 7.44. The number of carbonyl (C=O) groups excluding carboxylic acids is 2. The van der Waals surface area contributed by atoms with Crippen LogP contribution in [0.25, 0.3) is 0 Å². The molecule has 4 nitrogen and oxygen atoms in total. The van der Waals surface area contributed by atoms with E-state index in [1.807, 2.05) is 47.4 Å². The molecule has 0 saturated carbocycles. The predicted molar refractivity (Wildman–Crippen MR) is 112 cm³/mol. The van der Waals surface area contributed by atoms with Gasteiger partial charge in [-0.15, -0.1) is 0 Å². The van der Waals surface area contributed by atoms with E-state index in [2.05, 4.69) is 17.4 Å². The van der Waals surface area contributed by atoms with E-state index in [1.54, 1.807) is 0 Å². The van der Waals surface area contributed by atoms with Crippen molar-refractivity contribution >= 4 is 11.8 Å². The van der Waals surface area contributed by atoms with Crippen molar-refractivity contribution in [3.05, 3.63) is 71.3 Å². The molecular formula is C24H30N2O2. The summed E-state index contributed by atoms with van der Waals surface area (Å²) in [6.07, 6.45) is 6.46. The van der Waals surface area contributed by atoms with E-state index >= 15 is 0 Å². The summed E-state index contributed by atoms with van der Waals surface area (Å²) in [5, 5.41) is 3.03. The molecule has 0 aliphatic carbocycles. The van der Waals surface area contributed by atoms with Crippen molar-refractivity contribution < 1.29 is 9.59 Å². The van der Waals surface area contributed by atoms with Gasteiger partial charge in [-0.1, -0.05) is 55.0 Å². The van der Waals surface area contributed by atoms with Crippen molar-refractivity contribution in [1.29, 1.82) is 0 Å². The van der Waals surface area contributed by atoms with Crippen LogP contribution in [0.5, 0.6) is 0 Å². The first-order chi connectivity index (χ1) is 13.7. The van der Waals surface area contributed by atoms with Crippen LogP contribution in [0.1, 0.15) is 53.6 Å². The fourth-order valence-electron chi connectivity index (χ4n) is 3.73. The molecule has 1 heterocycles. The summed E-state index contributed by atoms with van der Waals surface area (Å²) in [5.74, 6) is 0.237. The summed E-state index contributed by atoms with van der Waals surface area (Å²) < 4.78 is 0. The number of benzene rings is 2. The number of carbonyl (C=O) groups is 2. The van der Waals surface area contributed by atoms with Crippen LogP contribution in [-0.4, -0.2) is 36.3 Å². The van der Waals surface area contributed by atoms with Crippen LogP contribution in [0.15, 0.2) is 54.6 Å². The van der Waals surface area contributed by atoms with Gasteiger partial charge in [0.15, 0.2) is 0 Å². The first-order valence-corrected chi connectivity index (χ1v) is 10.4. The van der Waals surface area contributed by atoms with Gasteiger partial charge in [-0.2, -0.15) is 0 Å². The largest absolute Gasteiger partial charge is 0.352 e. The van der Waals surface area contributed by atoms with Crippen LogP contribution in [0.2, 0.25) is 0 Å². The molecule has 3 rings (SSSR count). The van der Waals surface area contributed by atoms with Gasteiger partial charge in [-0.3, -0.25) is 9.59 Å². The molecule has 4 heteroatoms. The van der Waals surface area contributed by atoms with Gasteiger partial charge in [0, 0.05) is 31.6 Å². The summed E-state index contributed by atoms with van der Waals surface area (Å²) >= 11 is 0. The molecule has 0 unspecified atom stereocenters. The minimum atomic E-state index is -0.0224. The average Bonchev–Trinajstić information content (AvgIpc) is 2.94. The second-order valence-electron chi connectivity index (χ2n) is 7.44.